The number of benzene rings is 1. The lowest BCUT2D eigenvalue weighted by Crippen LogP contribution is -2.39. The van der Waals surface area contributed by atoms with Crippen LogP contribution in [0.4, 0.5) is 0 Å². The lowest BCUT2D eigenvalue weighted by Gasteiger charge is -2.21. The summed E-state index contributed by atoms with van der Waals surface area (Å²) in [7, 11) is 0. The van der Waals surface area contributed by atoms with Crippen LogP contribution >= 0.6 is 0 Å². The molecule has 22 heavy (non-hydrogen) atoms. The largest absolute Gasteiger partial charge is 0.481 e. The zero-order valence-corrected chi connectivity index (χ0v) is 12.2. The number of carbonyl (C=O) groups excluding carboxylic acids is 1. The number of carbonyl (C=O) groups is 2. The maximum atomic E-state index is 12.7. The number of hydrogen-bond acceptors (Lipinski definition) is 3. The van der Waals surface area contributed by atoms with Gasteiger partial charge in [0.15, 0.2) is 0 Å². The number of likely N-dealkylation sites (tertiary alicyclic amines) is 1. The molecule has 0 aromatic heterocycles. The number of rotatable bonds is 3. The van der Waals surface area contributed by atoms with Gasteiger partial charge in [-0.1, -0.05) is 42.0 Å². The highest BCUT2D eigenvalue weighted by Gasteiger charge is 2.66. The summed E-state index contributed by atoms with van der Waals surface area (Å²) >= 11 is 0. The second-order valence-electron chi connectivity index (χ2n) is 6.42. The second kappa shape index (κ2) is 4.43. The van der Waals surface area contributed by atoms with Gasteiger partial charge in [-0.2, -0.15) is 0 Å². The molecule has 1 spiro atoms. The summed E-state index contributed by atoms with van der Waals surface area (Å²) in [5, 5.41) is 9.42. The minimum absolute atomic E-state index is 0.111. The van der Waals surface area contributed by atoms with Crippen LogP contribution in [0, 0.1) is 18.8 Å². The molecule has 0 aliphatic carbocycles. The van der Waals surface area contributed by atoms with E-state index in [1.165, 1.54) is 5.56 Å². The molecule has 1 amide bonds. The number of aryl methyl sites for hydroxylation is 1. The van der Waals surface area contributed by atoms with E-state index in [2.05, 4.69) is 0 Å². The van der Waals surface area contributed by atoms with E-state index in [1.54, 1.807) is 11.0 Å². The third kappa shape index (κ3) is 1.75. The Kier molecular flexibility index (Phi) is 2.72. The minimum Gasteiger partial charge on any atom is -0.481 e. The summed E-state index contributed by atoms with van der Waals surface area (Å²) < 4.78 is 5.86. The first-order chi connectivity index (χ1) is 10.5. The van der Waals surface area contributed by atoms with Crippen LogP contribution in [0.1, 0.15) is 11.1 Å². The Morgan fingerprint density at radius 1 is 1.41 bits per heavy atom. The van der Waals surface area contributed by atoms with Gasteiger partial charge in [0, 0.05) is 6.54 Å². The van der Waals surface area contributed by atoms with Gasteiger partial charge in [-0.3, -0.25) is 9.59 Å². The van der Waals surface area contributed by atoms with Gasteiger partial charge in [-0.05, 0) is 12.5 Å². The van der Waals surface area contributed by atoms with Gasteiger partial charge in [0.2, 0.25) is 5.91 Å². The normalized spacial score (nSPS) is 35.2. The van der Waals surface area contributed by atoms with Crippen LogP contribution in [-0.4, -0.2) is 40.1 Å². The molecule has 4 rings (SSSR count). The van der Waals surface area contributed by atoms with Crippen molar-refractivity contribution in [3.05, 3.63) is 47.5 Å². The quantitative estimate of drug-likeness (QED) is 0.856. The molecule has 2 saturated heterocycles. The molecule has 0 unspecified atom stereocenters. The molecular formula is C17H17NO4. The lowest BCUT2D eigenvalue weighted by atomic mass is 9.77. The Balaban J connectivity index is 1.61. The number of hydrogen-bond donors (Lipinski definition) is 1. The smallest absolute Gasteiger partial charge is 0.310 e. The van der Waals surface area contributed by atoms with Gasteiger partial charge >= 0.3 is 5.97 Å². The van der Waals surface area contributed by atoms with Gasteiger partial charge in [0.25, 0.3) is 0 Å². The predicted molar refractivity (Wildman–Crippen MR) is 78.0 cm³/mol. The summed E-state index contributed by atoms with van der Waals surface area (Å²) in [6, 6.07) is 8.02. The monoisotopic (exact) mass is 299 g/mol. The fourth-order valence-electron chi connectivity index (χ4n) is 3.91. The Labute approximate surface area is 128 Å². The van der Waals surface area contributed by atoms with Gasteiger partial charge in [-0.25, -0.2) is 0 Å². The van der Waals surface area contributed by atoms with Crippen LogP contribution in [0.5, 0.6) is 0 Å². The molecule has 114 valence electrons. The molecule has 4 atom stereocenters. The molecule has 3 aliphatic heterocycles. The summed E-state index contributed by atoms with van der Waals surface area (Å²) in [5.41, 5.74) is 1.47. The van der Waals surface area contributed by atoms with Crippen LogP contribution in [0.15, 0.2) is 36.4 Å². The fourth-order valence-corrected chi connectivity index (χ4v) is 3.91. The lowest BCUT2D eigenvalue weighted by molar-refractivity contribution is -0.148. The van der Waals surface area contributed by atoms with E-state index in [1.807, 2.05) is 37.3 Å². The summed E-state index contributed by atoms with van der Waals surface area (Å²) in [6.07, 6.45) is 3.21. The maximum absolute atomic E-state index is 12.7. The number of fused-ring (bicyclic) bond motifs is 1. The minimum atomic E-state index is -0.952. The van der Waals surface area contributed by atoms with E-state index >= 15 is 0 Å². The van der Waals surface area contributed by atoms with E-state index < -0.39 is 29.5 Å². The number of ether oxygens (including phenoxy) is 1. The Bertz CT molecular complexity index is 680. The number of nitrogens with zero attached hydrogens (tertiary/aromatic N) is 1. The van der Waals surface area contributed by atoms with Crippen molar-refractivity contribution in [1.82, 2.24) is 4.90 Å². The van der Waals surface area contributed by atoms with E-state index in [9.17, 15) is 14.7 Å². The van der Waals surface area contributed by atoms with Gasteiger partial charge in [-0.15, -0.1) is 0 Å². The van der Waals surface area contributed by atoms with Crippen LogP contribution in [0.25, 0.3) is 0 Å². The number of amides is 1. The van der Waals surface area contributed by atoms with E-state index in [-0.39, 0.29) is 5.91 Å². The van der Waals surface area contributed by atoms with Crippen molar-refractivity contribution in [2.75, 3.05) is 6.54 Å². The van der Waals surface area contributed by atoms with Crippen molar-refractivity contribution in [2.24, 2.45) is 11.8 Å². The Hall–Kier alpha value is -2.14. The molecular weight excluding hydrogens is 282 g/mol. The highest BCUT2D eigenvalue weighted by molar-refractivity contribution is 5.90. The molecule has 3 aliphatic rings. The standard InChI is InChI=1S/C17H17NO4/c1-10-2-4-11(5-3-10)8-18-9-17-7-6-12(22-17)13(16(20)21)14(17)15(18)19/h2-7,12-14H,8-9H2,1H3,(H,20,21)/t12-,13-,14-,17+/m0/s1. The predicted octanol–water partition coefficient (Wildman–Crippen LogP) is 1.36. The average molecular weight is 299 g/mol. The summed E-state index contributed by atoms with van der Waals surface area (Å²) in [5.74, 6) is -2.42. The number of carboxylic acids is 1. The van der Waals surface area contributed by atoms with Gasteiger partial charge in [0.05, 0.1) is 18.6 Å². The molecule has 3 heterocycles. The molecule has 2 fully saturated rings. The first-order valence-corrected chi connectivity index (χ1v) is 7.44. The SMILES string of the molecule is Cc1ccc(CN2C[C@@]34C=C[C@H](O3)[C@H](C(=O)O)[C@H]4C2=O)cc1. The molecule has 5 nitrogen and oxygen atoms in total. The van der Waals surface area contributed by atoms with E-state index in [0.717, 1.165) is 5.56 Å². The van der Waals surface area contributed by atoms with Gasteiger partial charge < -0.3 is 14.7 Å². The Morgan fingerprint density at radius 2 is 2.14 bits per heavy atom. The van der Waals surface area contributed by atoms with Crippen LogP contribution < -0.4 is 0 Å². The zero-order valence-electron chi connectivity index (χ0n) is 12.2. The maximum Gasteiger partial charge on any atom is 0.310 e. The van der Waals surface area contributed by atoms with Gasteiger partial charge in [0.1, 0.15) is 11.5 Å². The summed E-state index contributed by atoms with van der Waals surface area (Å²) in [4.78, 5) is 25.9. The third-order valence-electron chi connectivity index (χ3n) is 4.96. The first kappa shape index (κ1) is 13.5. The second-order valence-corrected chi connectivity index (χ2v) is 6.42. The van der Waals surface area contributed by atoms with Crippen molar-refractivity contribution in [2.45, 2.75) is 25.2 Å². The molecule has 1 aromatic carbocycles. The summed E-state index contributed by atoms with van der Waals surface area (Å²) in [6.45, 7) is 2.94. The Morgan fingerprint density at radius 3 is 2.82 bits per heavy atom. The van der Waals surface area contributed by atoms with E-state index in [4.69, 9.17) is 4.74 Å². The molecule has 0 saturated carbocycles. The van der Waals surface area contributed by atoms with Crippen molar-refractivity contribution < 1.29 is 19.4 Å². The highest BCUT2D eigenvalue weighted by Crippen LogP contribution is 2.52. The number of carboxylic acid groups (broad SMARTS) is 1. The van der Waals surface area contributed by atoms with Crippen LogP contribution in [-0.2, 0) is 20.9 Å². The molecule has 5 heteroatoms. The first-order valence-electron chi connectivity index (χ1n) is 7.44. The molecule has 1 aromatic rings. The van der Waals surface area contributed by atoms with Crippen molar-refractivity contribution in [1.29, 1.82) is 0 Å². The third-order valence-corrected chi connectivity index (χ3v) is 4.96. The van der Waals surface area contributed by atoms with Crippen LogP contribution in [0.3, 0.4) is 0 Å². The van der Waals surface area contributed by atoms with Crippen LogP contribution in [0.2, 0.25) is 0 Å². The van der Waals surface area contributed by atoms with E-state index in [0.29, 0.717) is 13.1 Å². The highest BCUT2D eigenvalue weighted by atomic mass is 16.5. The zero-order chi connectivity index (χ0) is 15.5. The van der Waals surface area contributed by atoms with Crippen molar-refractivity contribution in [3.63, 3.8) is 0 Å². The fraction of sp³-hybridized carbons (Fsp3) is 0.412. The average Bonchev–Trinajstić information content (AvgIpc) is 3.10. The van der Waals surface area contributed by atoms with Crippen molar-refractivity contribution in [3.8, 4) is 0 Å². The van der Waals surface area contributed by atoms with Crippen molar-refractivity contribution >= 4 is 11.9 Å². The molecule has 1 N–H and O–H groups in total. The molecule has 0 radical (unpaired) electrons. The molecule has 2 bridgehead atoms. The topological polar surface area (TPSA) is 66.8 Å². The number of aliphatic carboxylic acids is 1.